The zero-order valence-corrected chi connectivity index (χ0v) is 18.8. The first-order valence-corrected chi connectivity index (χ1v) is 11.8. The molecule has 1 fully saturated rings. The number of esters is 2. The molecule has 0 aromatic rings. The van der Waals surface area contributed by atoms with Crippen LogP contribution >= 0.6 is 0 Å². The highest BCUT2D eigenvalue weighted by Crippen LogP contribution is 2.31. The van der Waals surface area contributed by atoms with Crippen molar-refractivity contribution in [3.8, 4) is 0 Å². The number of unbranched alkanes of at least 4 members (excludes halogenated alkanes) is 4. The van der Waals surface area contributed by atoms with Gasteiger partial charge in [0.1, 0.15) is 0 Å². The highest BCUT2D eigenvalue weighted by atomic mass is 16.5. The second kappa shape index (κ2) is 14.9. The first-order valence-electron chi connectivity index (χ1n) is 11.8. The van der Waals surface area contributed by atoms with E-state index in [4.69, 9.17) is 9.47 Å². The van der Waals surface area contributed by atoms with E-state index in [1.165, 1.54) is 38.5 Å². The smallest absolute Gasteiger partial charge is 0.308 e. The van der Waals surface area contributed by atoms with Gasteiger partial charge in [0.15, 0.2) is 0 Å². The molecule has 0 aliphatic heterocycles. The number of carbonyl (C=O) groups is 2. The fraction of sp³-hybridized carbons (Fsp3) is 0.917. The third kappa shape index (κ3) is 10.5. The third-order valence-corrected chi connectivity index (χ3v) is 6.02. The summed E-state index contributed by atoms with van der Waals surface area (Å²) in [5, 5.41) is 0. The maximum absolute atomic E-state index is 12.3. The summed E-state index contributed by atoms with van der Waals surface area (Å²) in [6, 6.07) is 0. The molecule has 4 heteroatoms. The average Bonchev–Trinajstić information content (AvgIpc) is 2.70. The standard InChI is InChI=1S/C24H44O4/c1-5-7-9-11-19(3)17-27-23(25)21-13-15-22(16-14-21)24(26)28-18-20(4)12-10-8-6-2/h19-22H,5-18H2,1-4H3. The van der Waals surface area contributed by atoms with Crippen LogP contribution in [0.5, 0.6) is 0 Å². The van der Waals surface area contributed by atoms with Gasteiger partial charge in [-0.05, 0) is 50.4 Å². The molecule has 0 bridgehead atoms. The van der Waals surface area contributed by atoms with Crippen LogP contribution in [-0.2, 0) is 19.1 Å². The Bertz CT molecular complexity index is 386. The van der Waals surface area contributed by atoms with E-state index in [2.05, 4.69) is 27.7 Å². The lowest BCUT2D eigenvalue weighted by molar-refractivity contribution is -0.156. The van der Waals surface area contributed by atoms with Gasteiger partial charge < -0.3 is 9.47 Å². The molecule has 0 spiro atoms. The van der Waals surface area contributed by atoms with Crippen LogP contribution in [0.3, 0.4) is 0 Å². The van der Waals surface area contributed by atoms with Crippen LogP contribution in [-0.4, -0.2) is 25.2 Å². The molecule has 1 aliphatic carbocycles. The Balaban J connectivity index is 2.19. The van der Waals surface area contributed by atoms with E-state index in [1.807, 2.05) is 0 Å². The minimum Gasteiger partial charge on any atom is -0.465 e. The van der Waals surface area contributed by atoms with Gasteiger partial charge in [0.05, 0.1) is 25.0 Å². The van der Waals surface area contributed by atoms with Gasteiger partial charge in [0.25, 0.3) is 0 Å². The van der Waals surface area contributed by atoms with Crippen LogP contribution in [0.1, 0.15) is 105 Å². The van der Waals surface area contributed by atoms with E-state index in [0.29, 0.717) is 25.0 Å². The molecule has 2 atom stereocenters. The topological polar surface area (TPSA) is 52.6 Å². The van der Waals surface area contributed by atoms with Crippen molar-refractivity contribution in [3.63, 3.8) is 0 Å². The lowest BCUT2D eigenvalue weighted by Crippen LogP contribution is -2.29. The largest absolute Gasteiger partial charge is 0.465 e. The van der Waals surface area contributed by atoms with Crippen molar-refractivity contribution >= 4 is 11.9 Å². The number of rotatable bonds is 14. The maximum Gasteiger partial charge on any atom is 0.308 e. The molecule has 1 rings (SSSR count). The summed E-state index contributed by atoms with van der Waals surface area (Å²) in [6.45, 7) is 9.76. The Kier molecular flexibility index (Phi) is 13.3. The first kappa shape index (κ1) is 25.0. The van der Waals surface area contributed by atoms with E-state index in [0.717, 1.165) is 38.5 Å². The van der Waals surface area contributed by atoms with Crippen molar-refractivity contribution in [1.29, 1.82) is 0 Å². The molecule has 28 heavy (non-hydrogen) atoms. The molecule has 0 heterocycles. The van der Waals surface area contributed by atoms with Gasteiger partial charge in [-0.15, -0.1) is 0 Å². The Morgan fingerprint density at radius 3 is 1.39 bits per heavy atom. The summed E-state index contributed by atoms with van der Waals surface area (Å²) in [6.07, 6.45) is 12.6. The van der Waals surface area contributed by atoms with Crippen LogP contribution in [0.2, 0.25) is 0 Å². The van der Waals surface area contributed by atoms with E-state index in [-0.39, 0.29) is 23.8 Å². The monoisotopic (exact) mass is 396 g/mol. The van der Waals surface area contributed by atoms with Crippen molar-refractivity contribution < 1.29 is 19.1 Å². The van der Waals surface area contributed by atoms with Crippen molar-refractivity contribution in [1.82, 2.24) is 0 Å². The van der Waals surface area contributed by atoms with Crippen LogP contribution < -0.4 is 0 Å². The van der Waals surface area contributed by atoms with Crippen LogP contribution in [0.15, 0.2) is 0 Å². The second-order valence-electron chi connectivity index (χ2n) is 9.01. The van der Waals surface area contributed by atoms with Gasteiger partial charge in [0.2, 0.25) is 0 Å². The number of ether oxygens (including phenoxy) is 2. The zero-order valence-electron chi connectivity index (χ0n) is 18.8. The maximum atomic E-state index is 12.3. The molecule has 2 unspecified atom stereocenters. The van der Waals surface area contributed by atoms with Gasteiger partial charge >= 0.3 is 11.9 Å². The van der Waals surface area contributed by atoms with Gasteiger partial charge in [-0.3, -0.25) is 9.59 Å². The van der Waals surface area contributed by atoms with E-state index < -0.39 is 0 Å². The molecule has 1 saturated carbocycles. The van der Waals surface area contributed by atoms with Crippen LogP contribution in [0, 0.1) is 23.7 Å². The third-order valence-electron chi connectivity index (χ3n) is 6.02. The van der Waals surface area contributed by atoms with Gasteiger partial charge in [-0.25, -0.2) is 0 Å². The molecule has 164 valence electrons. The molecule has 0 N–H and O–H groups in total. The quantitative estimate of drug-likeness (QED) is 0.255. The highest BCUT2D eigenvalue weighted by molar-refractivity contribution is 5.75. The second-order valence-corrected chi connectivity index (χ2v) is 9.01. The van der Waals surface area contributed by atoms with Crippen molar-refractivity contribution in [3.05, 3.63) is 0 Å². The van der Waals surface area contributed by atoms with Gasteiger partial charge in [-0.2, -0.15) is 0 Å². The first-order chi connectivity index (χ1) is 13.5. The van der Waals surface area contributed by atoms with Crippen LogP contribution in [0.25, 0.3) is 0 Å². The highest BCUT2D eigenvalue weighted by Gasteiger charge is 2.31. The molecule has 0 aromatic carbocycles. The minimum atomic E-state index is -0.0706. The SMILES string of the molecule is CCCCCC(C)COC(=O)C1CCC(C(=O)OCC(C)CCCCC)CC1. The Hall–Kier alpha value is -1.06. The number of carbonyl (C=O) groups excluding carboxylic acids is 2. The van der Waals surface area contributed by atoms with Crippen molar-refractivity contribution in [2.75, 3.05) is 13.2 Å². The van der Waals surface area contributed by atoms with Gasteiger partial charge in [-0.1, -0.05) is 66.2 Å². The van der Waals surface area contributed by atoms with E-state index >= 15 is 0 Å². The van der Waals surface area contributed by atoms with E-state index in [1.54, 1.807) is 0 Å². The predicted octanol–water partition coefficient (Wildman–Crippen LogP) is 6.31. The summed E-state index contributed by atoms with van der Waals surface area (Å²) in [5.41, 5.74) is 0. The normalized spacial score (nSPS) is 21.7. The summed E-state index contributed by atoms with van der Waals surface area (Å²) < 4.78 is 11.1. The number of hydrogen-bond acceptors (Lipinski definition) is 4. The average molecular weight is 397 g/mol. The molecule has 0 saturated heterocycles. The summed E-state index contributed by atoms with van der Waals surface area (Å²) >= 11 is 0. The summed E-state index contributed by atoms with van der Waals surface area (Å²) in [5.74, 6) is 0.638. The molecule has 0 amide bonds. The van der Waals surface area contributed by atoms with Crippen LogP contribution in [0.4, 0.5) is 0 Å². The van der Waals surface area contributed by atoms with E-state index in [9.17, 15) is 9.59 Å². The molecule has 0 radical (unpaired) electrons. The molecular formula is C24H44O4. The molecular weight excluding hydrogens is 352 g/mol. The lowest BCUT2D eigenvalue weighted by Gasteiger charge is -2.26. The predicted molar refractivity (Wildman–Crippen MR) is 114 cm³/mol. The number of hydrogen-bond donors (Lipinski definition) is 0. The molecule has 0 aromatic heterocycles. The van der Waals surface area contributed by atoms with Crippen molar-refractivity contribution in [2.45, 2.75) is 105 Å². The minimum absolute atomic E-state index is 0.0418. The fourth-order valence-electron chi connectivity index (χ4n) is 3.90. The van der Waals surface area contributed by atoms with Gasteiger partial charge in [0, 0.05) is 0 Å². The van der Waals surface area contributed by atoms with Crippen molar-refractivity contribution in [2.24, 2.45) is 23.7 Å². The Morgan fingerprint density at radius 2 is 1.07 bits per heavy atom. The fourth-order valence-corrected chi connectivity index (χ4v) is 3.90. The summed E-state index contributed by atoms with van der Waals surface area (Å²) in [4.78, 5) is 24.6. The molecule has 4 nitrogen and oxygen atoms in total. The zero-order chi connectivity index (χ0) is 20.8. The lowest BCUT2D eigenvalue weighted by atomic mass is 9.82. The summed E-state index contributed by atoms with van der Waals surface area (Å²) in [7, 11) is 0. The Labute approximate surface area is 173 Å². The Morgan fingerprint density at radius 1 is 0.714 bits per heavy atom. The molecule has 1 aliphatic rings.